The van der Waals surface area contributed by atoms with E-state index in [2.05, 4.69) is 15.9 Å². The summed E-state index contributed by atoms with van der Waals surface area (Å²) in [7, 11) is 0. The van der Waals surface area contributed by atoms with Gasteiger partial charge in [-0.2, -0.15) is 0 Å². The summed E-state index contributed by atoms with van der Waals surface area (Å²) in [5, 5.41) is 9.23. The van der Waals surface area contributed by atoms with Gasteiger partial charge >= 0.3 is 5.97 Å². The van der Waals surface area contributed by atoms with Crippen LogP contribution in [0.2, 0.25) is 0 Å². The Hall–Kier alpha value is -1.03. The monoisotopic (exact) mass is 284 g/mol. The number of halogens is 1. The van der Waals surface area contributed by atoms with E-state index in [1.165, 1.54) is 0 Å². The molecule has 16 heavy (non-hydrogen) atoms. The zero-order valence-electron chi connectivity index (χ0n) is 9.16. The zero-order chi connectivity index (χ0) is 11.9. The van der Waals surface area contributed by atoms with Gasteiger partial charge in [-0.25, -0.2) is 0 Å². The van der Waals surface area contributed by atoms with Gasteiger partial charge in [0.25, 0.3) is 0 Å². The minimum absolute atomic E-state index is 0.0995. The van der Waals surface area contributed by atoms with E-state index in [0.717, 1.165) is 15.8 Å². The van der Waals surface area contributed by atoms with E-state index in [9.17, 15) is 9.90 Å². The van der Waals surface area contributed by atoms with Crippen molar-refractivity contribution in [2.24, 2.45) is 5.41 Å². The standard InChI is InChI=1S/C12H13BrO3/c1-12(2,11(14)15)9-6-16-10-4-3-7(13)5-8(9)10/h3-5,9H,6H2,1-2H3,(H,14,15). The smallest absolute Gasteiger partial charge is 0.309 e. The van der Waals surface area contributed by atoms with E-state index in [1.54, 1.807) is 13.8 Å². The molecular formula is C12H13BrO3. The van der Waals surface area contributed by atoms with Crippen LogP contribution in [0.5, 0.6) is 5.75 Å². The van der Waals surface area contributed by atoms with Crippen molar-refractivity contribution in [1.82, 2.24) is 0 Å². The van der Waals surface area contributed by atoms with Crippen LogP contribution in [0.25, 0.3) is 0 Å². The first-order valence-electron chi connectivity index (χ1n) is 5.08. The minimum atomic E-state index is -0.813. The molecule has 1 aliphatic rings. The molecule has 86 valence electrons. The van der Waals surface area contributed by atoms with Crippen LogP contribution in [0.1, 0.15) is 25.3 Å². The molecule has 0 saturated heterocycles. The molecule has 1 aliphatic heterocycles. The molecule has 1 aromatic rings. The highest BCUT2D eigenvalue weighted by molar-refractivity contribution is 9.10. The molecule has 1 aromatic carbocycles. The van der Waals surface area contributed by atoms with Crippen molar-refractivity contribution in [3.8, 4) is 5.75 Å². The largest absolute Gasteiger partial charge is 0.493 e. The summed E-state index contributed by atoms with van der Waals surface area (Å²) in [4.78, 5) is 11.2. The molecule has 0 radical (unpaired) electrons. The topological polar surface area (TPSA) is 46.5 Å². The van der Waals surface area contributed by atoms with Gasteiger partial charge in [0, 0.05) is 16.0 Å². The number of benzene rings is 1. The number of hydrogen-bond acceptors (Lipinski definition) is 2. The van der Waals surface area contributed by atoms with Gasteiger partial charge in [-0.15, -0.1) is 0 Å². The fourth-order valence-corrected chi connectivity index (χ4v) is 2.31. The maximum absolute atomic E-state index is 11.2. The first-order chi connectivity index (χ1) is 7.43. The second-order valence-corrected chi connectivity index (χ2v) is 5.49. The molecule has 2 rings (SSSR count). The number of carbonyl (C=O) groups is 1. The molecule has 1 unspecified atom stereocenters. The van der Waals surface area contributed by atoms with E-state index >= 15 is 0 Å². The van der Waals surface area contributed by atoms with Gasteiger partial charge in [0.05, 0.1) is 12.0 Å². The summed E-state index contributed by atoms with van der Waals surface area (Å²) in [6, 6.07) is 5.71. The highest BCUT2D eigenvalue weighted by atomic mass is 79.9. The average molecular weight is 285 g/mol. The predicted molar refractivity (Wildman–Crippen MR) is 63.8 cm³/mol. The summed E-state index contributed by atoms with van der Waals surface area (Å²) in [6.07, 6.45) is 0. The number of fused-ring (bicyclic) bond motifs is 1. The van der Waals surface area contributed by atoms with Gasteiger partial charge in [-0.3, -0.25) is 4.79 Å². The second kappa shape index (κ2) is 3.77. The van der Waals surface area contributed by atoms with Crippen LogP contribution in [0, 0.1) is 5.41 Å². The fourth-order valence-electron chi connectivity index (χ4n) is 1.93. The normalized spacial score (nSPS) is 19.1. The Morgan fingerprint density at radius 3 is 2.88 bits per heavy atom. The number of carboxylic acids is 1. The Kier molecular flexibility index (Phi) is 2.70. The first-order valence-corrected chi connectivity index (χ1v) is 5.88. The molecular weight excluding hydrogens is 272 g/mol. The van der Waals surface area contributed by atoms with Crippen LogP contribution in [0.4, 0.5) is 0 Å². The van der Waals surface area contributed by atoms with Gasteiger partial charge in [0.2, 0.25) is 0 Å². The van der Waals surface area contributed by atoms with E-state index in [1.807, 2.05) is 18.2 Å². The van der Waals surface area contributed by atoms with Gasteiger partial charge in [0.15, 0.2) is 0 Å². The molecule has 1 atom stereocenters. The van der Waals surface area contributed by atoms with Crippen molar-refractivity contribution in [3.63, 3.8) is 0 Å². The molecule has 4 heteroatoms. The van der Waals surface area contributed by atoms with Crippen molar-refractivity contribution in [3.05, 3.63) is 28.2 Å². The number of aliphatic carboxylic acids is 1. The van der Waals surface area contributed by atoms with Gasteiger partial charge in [-0.05, 0) is 32.0 Å². The van der Waals surface area contributed by atoms with Crippen molar-refractivity contribution < 1.29 is 14.6 Å². The van der Waals surface area contributed by atoms with Gasteiger partial charge in [-0.1, -0.05) is 15.9 Å². The Bertz CT molecular complexity index is 440. The van der Waals surface area contributed by atoms with E-state index in [4.69, 9.17) is 4.74 Å². The predicted octanol–water partition coefficient (Wildman–Crippen LogP) is 3.04. The van der Waals surface area contributed by atoms with Crippen LogP contribution in [0.3, 0.4) is 0 Å². The van der Waals surface area contributed by atoms with Crippen molar-refractivity contribution in [1.29, 1.82) is 0 Å². The molecule has 0 fully saturated rings. The molecule has 0 saturated carbocycles. The van der Waals surface area contributed by atoms with E-state index < -0.39 is 11.4 Å². The average Bonchev–Trinajstić information content (AvgIpc) is 2.60. The van der Waals surface area contributed by atoms with Crippen LogP contribution in [0.15, 0.2) is 22.7 Å². The quantitative estimate of drug-likeness (QED) is 0.908. The lowest BCUT2D eigenvalue weighted by Gasteiger charge is -2.25. The Balaban J connectivity index is 2.43. The third kappa shape index (κ3) is 1.71. The lowest BCUT2D eigenvalue weighted by Crippen LogP contribution is -2.32. The highest BCUT2D eigenvalue weighted by Crippen LogP contribution is 2.45. The zero-order valence-corrected chi connectivity index (χ0v) is 10.7. The Labute approximate surface area is 103 Å². The number of hydrogen-bond donors (Lipinski definition) is 1. The number of ether oxygens (including phenoxy) is 1. The second-order valence-electron chi connectivity index (χ2n) is 4.57. The van der Waals surface area contributed by atoms with Crippen molar-refractivity contribution in [2.75, 3.05) is 6.61 Å². The summed E-state index contributed by atoms with van der Waals surface area (Å²) in [5.74, 6) is -0.103. The van der Waals surface area contributed by atoms with Crippen LogP contribution < -0.4 is 4.74 Å². The summed E-state index contributed by atoms with van der Waals surface area (Å²) < 4.78 is 6.47. The Morgan fingerprint density at radius 1 is 1.56 bits per heavy atom. The molecule has 3 nitrogen and oxygen atoms in total. The lowest BCUT2D eigenvalue weighted by atomic mass is 9.76. The van der Waals surface area contributed by atoms with E-state index in [0.29, 0.717) is 6.61 Å². The summed E-state index contributed by atoms with van der Waals surface area (Å²) in [5.41, 5.74) is 0.160. The maximum atomic E-state index is 11.2. The molecule has 1 N–H and O–H groups in total. The molecule has 0 aliphatic carbocycles. The third-order valence-corrected chi connectivity index (χ3v) is 3.67. The Morgan fingerprint density at radius 2 is 2.25 bits per heavy atom. The maximum Gasteiger partial charge on any atom is 0.309 e. The third-order valence-electron chi connectivity index (χ3n) is 3.18. The fraction of sp³-hybridized carbons (Fsp3) is 0.417. The number of carboxylic acid groups (broad SMARTS) is 1. The molecule has 1 heterocycles. The summed E-state index contributed by atoms with van der Waals surface area (Å²) in [6.45, 7) is 3.91. The van der Waals surface area contributed by atoms with Crippen molar-refractivity contribution in [2.45, 2.75) is 19.8 Å². The number of rotatable bonds is 2. The van der Waals surface area contributed by atoms with Gasteiger partial charge < -0.3 is 9.84 Å². The van der Waals surface area contributed by atoms with Crippen molar-refractivity contribution >= 4 is 21.9 Å². The van der Waals surface area contributed by atoms with Crippen LogP contribution >= 0.6 is 15.9 Å². The summed E-state index contributed by atoms with van der Waals surface area (Å²) >= 11 is 3.39. The van der Waals surface area contributed by atoms with Gasteiger partial charge in [0.1, 0.15) is 5.75 Å². The first kappa shape index (κ1) is 11.5. The molecule has 0 aromatic heterocycles. The highest BCUT2D eigenvalue weighted by Gasteiger charge is 2.42. The molecule has 0 spiro atoms. The van der Waals surface area contributed by atoms with Crippen LogP contribution in [-0.4, -0.2) is 17.7 Å². The SMILES string of the molecule is CC(C)(C(=O)O)C1COc2ccc(Br)cc21. The lowest BCUT2D eigenvalue weighted by molar-refractivity contribution is -0.148. The van der Waals surface area contributed by atoms with E-state index in [-0.39, 0.29) is 5.92 Å². The molecule has 0 bridgehead atoms. The molecule has 0 amide bonds. The minimum Gasteiger partial charge on any atom is -0.493 e. The van der Waals surface area contributed by atoms with Crippen LogP contribution in [-0.2, 0) is 4.79 Å².